The van der Waals surface area contributed by atoms with Crippen LogP contribution >= 0.6 is 0 Å². The standard InChI is InChI=1S/C44H47N7O5/c1-28-6-12-39(42(52)47-28)51-43(53)35-11-9-31(23-36(35)44(51)54)50-19-17-49(18-20-50)16-4-3-5-21-55-32-24-33(25-32)56-41-13-8-30(26-46-41)29-7-10-34-37-27-45-15-14-38(37)48(2)40(34)22-29/h7-11,13-15,22-23,26-27,32-33,39H,1,3-6,12,16-21,24-25H2,2H3,(H,47,52). The third kappa shape index (κ3) is 6.92. The van der Waals surface area contributed by atoms with Crippen LogP contribution in [0.5, 0.6) is 5.88 Å². The van der Waals surface area contributed by atoms with Gasteiger partial charge < -0.3 is 24.3 Å². The largest absolute Gasteiger partial charge is 0.474 e. The molecular formula is C44H47N7O5. The number of pyridine rings is 2. The van der Waals surface area contributed by atoms with E-state index in [0.717, 1.165) is 98.5 Å². The van der Waals surface area contributed by atoms with Gasteiger partial charge in [-0.25, -0.2) is 4.98 Å². The van der Waals surface area contributed by atoms with Crippen LogP contribution in [0.1, 0.15) is 65.7 Å². The Bertz CT molecular complexity index is 2320. The number of aromatic nitrogens is 3. The number of carbonyl (C=O) groups is 3. The molecule has 0 radical (unpaired) electrons. The van der Waals surface area contributed by atoms with E-state index in [1.165, 1.54) is 16.4 Å². The lowest BCUT2D eigenvalue weighted by atomic mass is 9.92. The molecule has 3 aromatic heterocycles. The summed E-state index contributed by atoms with van der Waals surface area (Å²) in [5.74, 6) is -0.485. The summed E-state index contributed by atoms with van der Waals surface area (Å²) < 4.78 is 14.5. The minimum absolute atomic E-state index is 0.137. The molecule has 6 heterocycles. The molecule has 1 saturated carbocycles. The highest BCUT2D eigenvalue weighted by molar-refractivity contribution is 6.23. The monoisotopic (exact) mass is 753 g/mol. The molecule has 0 spiro atoms. The fourth-order valence-electron chi connectivity index (χ4n) is 8.60. The minimum atomic E-state index is -0.798. The van der Waals surface area contributed by atoms with Crippen molar-refractivity contribution in [3.05, 3.63) is 96.6 Å². The van der Waals surface area contributed by atoms with E-state index in [-0.39, 0.29) is 18.1 Å². The third-order valence-electron chi connectivity index (χ3n) is 12.0. The normalized spacial score (nSPS) is 21.5. The molecule has 3 amide bonds. The van der Waals surface area contributed by atoms with E-state index >= 15 is 0 Å². The summed E-state index contributed by atoms with van der Waals surface area (Å²) in [5, 5.41) is 5.05. The van der Waals surface area contributed by atoms with Crippen molar-refractivity contribution in [3.8, 4) is 17.0 Å². The second-order valence-electron chi connectivity index (χ2n) is 15.5. The molecule has 288 valence electrons. The first-order valence-electron chi connectivity index (χ1n) is 19.9. The van der Waals surface area contributed by atoms with Crippen LogP contribution in [0, 0.1) is 0 Å². The lowest BCUT2D eigenvalue weighted by Crippen LogP contribution is -2.51. The van der Waals surface area contributed by atoms with Crippen LogP contribution in [0.4, 0.5) is 5.69 Å². The van der Waals surface area contributed by atoms with E-state index < -0.39 is 17.9 Å². The van der Waals surface area contributed by atoms with E-state index in [2.05, 4.69) is 73.6 Å². The quantitative estimate of drug-likeness (QED) is 0.119. The lowest BCUT2D eigenvalue weighted by Gasteiger charge is -2.36. The van der Waals surface area contributed by atoms with Gasteiger partial charge in [-0.15, -0.1) is 0 Å². The van der Waals surface area contributed by atoms with E-state index in [4.69, 9.17) is 9.47 Å². The highest BCUT2D eigenvalue weighted by Gasteiger charge is 2.44. The fraction of sp³-hybridized carbons (Fsp3) is 0.386. The fourth-order valence-corrected chi connectivity index (χ4v) is 8.60. The molecule has 3 fully saturated rings. The third-order valence-corrected chi connectivity index (χ3v) is 12.0. The number of ether oxygens (including phenoxy) is 2. The number of nitrogens with one attached hydrogen (secondary N) is 1. The average molecular weight is 754 g/mol. The summed E-state index contributed by atoms with van der Waals surface area (Å²) in [6.07, 6.45) is 12.1. The van der Waals surface area contributed by atoms with Gasteiger partial charge in [0.25, 0.3) is 11.8 Å². The maximum absolute atomic E-state index is 13.3. The van der Waals surface area contributed by atoms with Crippen LogP contribution in [0.2, 0.25) is 0 Å². The van der Waals surface area contributed by atoms with Gasteiger partial charge in [0.2, 0.25) is 11.8 Å². The van der Waals surface area contributed by atoms with Crippen molar-refractivity contribution >= 4 is 45.2 Å². The summed E-state index contributed by atoms with van der Waals surface area (Å²) in [6.45, 7) is 9.21. The van der Waals surface area contributed by atoms with Crippen LogP contribution in [0.15, 0.2) is 85.5 Å². The molecule has 9 rings (SSSR count). The number of anilines is 1. The molecule has 2 saturated heterocycles. The van der Waals surface area contributed by atoms with Crippen molar-refractivity contribution in [2.24, 2.45) is 7.05 Å². The van der Waals surface area contributed by atoms with Gasteiger partial charge in [-0.2, -0.15) is 0 Å². The smallest absolute Gasteiger partial charge is 0.262 e. The molecule has 2 aromatic carbocycles. The van der Waals surface area contributed by atoms with E-state index in [1.54, 1.807) is 6.07 Å². The number of imide groups is 1. The van der Waals surface area contributed by atoms with E-state index in [9.17, 15) is 14.4 Å². The molecule has 1 N–H and O–H groups in total. The molecule has 1 unspecified atom stereocenters. The van der Waals surface area contributed by atoms with Crippen LogP contribution in [-0.4, -0.2) is 99.6 Å². The second kappa shape index (κ2) is 15.2. The number of carbonyl (C=O) groups excluding carboxylic acids is 3. The second-order valence-corrected chi connectivity index (χ2v) is 15.5. The zero-order valence-electron chi connectivity index (χ0n) is 31.8. The number of allylic oxidation sites excluding steroid dienone is 1. The molecule has 56 heavy (non-hydrogen) atoms. The number of rotatable bonds is 12. The number of hydrogen-bond acceptors (Lipinski definition) is 9. The predicted molar refractivity (Wildman–Crippen MR) is 215 cm³/mol. The Morgan fingerprint density at radius 1 is 0.821 bits per heavy atom. The highest BCUT2D eigenvalue weighted by Crippen LogP contribution is 2.34. The molecule has 5 aromatic rings. The number of aryl methyl sites for hydroxylation is 1. The maximum Gasteiger partial charge on any atom is 0.262 e. The molecular weight excluding hydrogens is 707 g/mol. The summed E-state index contributed by atoms with van der Waals surface area (Å²) >= 11 is 0. The molecule has 1 aliphatic carbocycles. The first kappa shape index (κ1) is 36.1. The maximum atomic E-state index is 13.3. The molecule has 1 atom stereocenters. The Hall–Kier alpha value is -5.59. The average Bonchev–Trinajstić information content (AvgIpc) is 3.63. The number of unbranched alkanes of at least 4 members (excludes halogenated alkanes) is 2. The minimum Gasteiger partial charge on any atom is -0.474 e. The van der Waals surface area contributed by atoms with Gasteiger partial charge in [0.15, 0.2) is 0 Å². The first-order valence-corrected chi connectivity index (χ1v) is 19.9. The number of piperidine rings is 1. The topological polar surface area (TPSA) is 122 Å². The van der Waals surface area contributed by atoms with Crippen molar-refractivity contribution in [3.63, 3.8) is 0 Å². The van der Waals surface area contributed by atoms with Gasteiger partial charge in [-0.3, -0.25) is 29.2 Å². The molecule has 3 aliphatic heterocycles. The summed E-state index contributed by atoms with van der Waals surface area (Å²) in [6, 6.07) is 17.3. The Balaban J connectivity index is 0.659. The van der Waals surface area contributed by atoms with Crippen LogP contribution in [0.25, 0.3) is 32.9 Å². The van der Waals surface area contributed by atoms with Gasteiger partial charge >= 0.3 is 0 Å². The zero-order valence-corrected chi connectivity index (χ0v) is 31.8. The number of nitrogens with zero attached hydrogens (tertiary/aromatic N) is 6. The van der Waals surface area contributed by atoms with Gasteiger partial charge in [0.1, 0.15) is 12.1 Å². The Morgan fingerprint density at radius 2 is 1.64 bits per heavy atom. The highest BCUT2D eigenvalue weighted by atomic mass is 16.5. The van der Waals surface area contributed by atoms with Crippen LogP contribution in [0.3, 0.4) is 0 Å². The van der Waals surface area contributed by atoms with Gasteiger partial charge in [0, 0.05) is 111 Å². The SMILES string of the molecule is C=C1CCC(N2C(=O)c3ccc(N4CCN(CCCCCOC5CC(Oc6ccc(-c7ccc8c9cnccc9n(C)c8c7)cn6)C5)CC4)cc3C2=O)C(=O)N1. The Kier molecular flexibility index (Phi) is 9.76. The predicted octanol–water partition coefficient (Wildman–Crippen LogP) is 6.10. The number of amides is 3. The van der Waals surface area contributed by atoms with E-state index in [0.29, 0.717) is 35.5 Å². The Labute approximate surface area is 326 Å². The van der Waals surface area contributed by atoms with Crippen molar-refractivity contribution in [1.29, 1.82) is 0 Å². The summed E-state index contributed by atoms with van der Waals surface area (Å²) in [4.78, 5) is 53.8. The molecule has 4 aliphatic rings. The number of hydrogen-bond donors (Lipinski definition) is 1. The number of piperazine rings is 1. The van der Waals surface area contributed by atoms with Crippen molar-refractivity contribution in [2.75, 3.05) is 44.2 Å². The first-order chi connectivity index (χ1) is 27.3. The van der Waals surface area contributed by atoms with E-state index in [1.807, 2.05) is 36.8 Å². The molecule has 12 nitrogen and oxygen atoms in total. The van der Waals surface area contributed by atoms with Crippen molar-refractivity contribution in [1.82, 2.24) is 29.7 Å². The zero-order chi connectivity index (χ0) is 38.3. The summed E-state index contributed by atoms with van der Waals surface area (Å²) in [5.41, 5.74) is 6.82. The van der Waals surface area contributed by atoms with Gasteiger partial charge in [0.05, 0.1) is 22.7 Å². The van der Waals surface area contributed by atoms with Crippen LogP contribution in [-0.2, 0) is 16.6 Å². The van der Waals surface area contributed by atoms with Gasteiger partial charge in [-0.05, 0) is 80.6 Å². The molecule has 0 bridgehead atoms. The van der Waals surface area contributed by atoms with Crippen molar-refractivity contribution < 1.29 is 23.9 Å². The summed E-state index contributed by atoms with van der Waals surface area (Å²) in [7, 11) is 2.09. The van der Waals surface area contributed by atoms with Crippen LogP contribution < -0.4 is 15.0 Å². The number of fused-ring (bicyclic) bond motifs is 4. The number of benzene rings is 2. The van der Waals surface area contributed by atoms with Gasteiger partial charge in [-0.1, -0.05) is 18.7 Å². The molecule has 12 heteroatoms. The lowest BCUT2D eigenvalue weighted by molar-refractivity contribution is -0.125. The Morgan fingerprint density at radius 3 is 2.45 bits per heavy atom. The van der Waals surface area contributed by atoms with Crippen molar-refractivity contribution in [2.45, 2.75) is 63.2 Å².